The van der Waals surface area contributed by atoms with Crippen molar-refractivity contribution in [2.45, 2.75) is 83.2 Å². The van der Waals surface area contributed by atoms with Crippen LogP contribution in [0.15, 0.2) is 0 Å². The monoisotopic (exact) mass is 262 g/mol. The van der Waals surface area contributed by atoms with E-state index < -0.39 is 0 Å². The van der Waals surface area contributed by atoms with Gasteiger partial charge in [-0.3, -0.25) is 4.90 Å². The summed E-state index contributed by atoms with van der Waals surface area (Å²) in [7, 11) is 2.29. The smallest absolute Gasteiger partial charge is 0.0672 e. The molecule has 2 fully saturated rings. The summed E-state index contributed by atoms with van der Waals surface area (Å²) in [6, 6.07) is 3.87. The maximum absolute atomic E-state index is 9.45. The van der Waals surface area contributed by atoms with E-state index in [2.05, 4.69) is 24.9 Å². The Kier molecular flexibility index (Phi) is 5.70. The molecule has 2 saturated carbocycles. The molecule has 2 rings (SSSR count). The molecule has 0 aromatic carbocycles. The van der Waals surface area contributed by atoms with Gasteiger partial charge in [0.2, 0.25) is 0 Å². The van der Waals surface area contributed by atoms with Gasteiger partial charge in [-0.1, -0.05) is 39.0 Å². The Labute approximate surface area is 119 Å². The summed E-state index contributed by atoms with van der Waals surface area (Å²) < 4.78 is 0. The Balaban J connectivity index is 1.98. The molecule has 0 heterocycles. The summed E-state index contributed by atoms with van der Waals surface area (Å²) in [6.07, 6.45) is 13.2. The minimum atomic E-state index is 0.278. The molecule has 0 bridgehead atoms. The van der Waals surface area contributed by atoms with Crippen LogP contribution in [0.5, 0.6) is 0 Å². The van der Waals surface area contributed by atoms with Gasteiger partial charge < -0.3 is 0 Å². The zero-order valence-electron chi connectivity index (χ0n) is 12.8. The van der Waals surface area contributed by atoms with Gasteiger partial charge in [-0.25, -0.2) is 0 Å². The van der Waals surface area contributed by atoms with Crippen LogP contribution in [0.25, 0.3) is 0 Å². The molecule has 3 atom stereocenters. The molecule has 2 heteroatoms. The molecule has 3 unspecified atom stereocenters. The number of hydrogen-bond acceptors (Lipinski definition) is 2. The fourth-order valence-corrected chi connectivity index (χ4v) is 4.26. The van der Waals surface area contributed by atoms with Crippen molar-refractivity contribution in [1.82, 2.24) is 4.90 Å². The van der Waals surface area contributed by atoms with E-state index in [1.54, 1.807) is 0 Å². The Morgan fingerprint density at radius 1 is 1.11 bits per heavy atom. The van der Waals surface area contributed by atoms with Crippen molar-refractivity contribution in [2.75, 3.05) is 7.05 Å². The van der Waals surface area contributed by atoms with Gasteiger partial charge in [0.05, 0.1) is 12.0 Å². The zero-order valence-corrected chi connectivity index (χ0v) is 12.8. The third-order valence-corrected chi connectivity index (χ3v) is 5.46. The number of nitriles is 1. The molecule has 0 radical (unpaired) electrons. The number of nitrogens with zero attached hydrogens (tertiary/aromatic N) is 2. The molecule has 0 aliphatic heterocycles. The first-order valence-electron chi connectivity index (χ1n) is 8.37. The van der Waals surface area contributed by atoms with Crippen LogP contribution in [0.3, 0.4) is 0 Å². The molecule has 19 heavy (non-hydrogen) atoms. The van der Waals surface area contributed by atoms with Crippen molar-refractivity contribution in [3.63, 3.8) is 0 Å². The fourth-order valence-electron chi connectivity index (χ4n) is 4.26. The third kappa shape index (κ3) is 3.72. The van der Waals surface area contributed by atoms with Gasteiger partial charge >= 0.3 is 0 Å². The largest absolute Gasteiger partial charge is 0.299 e. The zero-order chi connectivity index (χ0) is 13.7. The number of hydrogen-bond donors (Lipinski definition) is 0. The number of rotatable bonds is 4. The van der Waals surface area contributed by atoms with E-state index in [9.17, 15) is 5.26 Å². The van der Waals surface area contributed by atoms with Crippen LogP contribution in [0, 0.1) is 23.2 Å². The average Bonchev–Trinajstić information content (AvgIpc) is 2.47. The minimum absolute atomic E-state index is 0.278. The van der Waals surface area contributed by atoms with Gasteiger partial charge in [0.1, 0.15) is 0 Å². The second-order valence-corrected chi connectivity index (χ2v) is 6.73. The van der Waals surface area contributed by atoms with Crippen LogP contribution in [0.1, 0.15) is 71.1 Å². The topological polar surface area (TPSA) is 27.0 Å². The van der Waals surface area contributed by atoms with Gasteiger partial charge in [0.15, 0.2) is 0 Å². The van der Waals surface area contributed by atoms with Gasteiger partial charge in [0.25, 0.3) is 0 Å². The van der Waals surface area contributed by atoms with E-state index in [0.717, 1.165) is 18.4 Å². The highest BCUT2D eigenvalue weighted by atomic mass is 15.2. The highest BCUT2D eigenvalue weighted by Gasteiger charge is 2.35. The van der Waals surface area contributed by atoms with E-state index in [1.807, 2.05) is 0 Å². The van der Waals surface area contributed by atoms with Crippen molar-refractivity contribution in [1.29, 1.82) is 5.26 Å². The van der Waals surface area contributed by atoms with Gasteiger partial charge in [-0.05, 0) is 45.1 Å². The van der Waals surface area contributed by atoms with Crippen molar-refractivity contribution in [2.24, 2.45) is 11.8 Å². The fraction of sp³-hybridized carbons (Fsp3) is 0.941. The van der Waals surface area contributed by atoms with Gasteiger partial charge in [0, 0.05) is 12.1 Å². The molecule has 0 spiro atoms. The van der Waals surface area contributed by atoms with Crippen LogP contribution in [0.4, 0.5) is 0 Å². The van der Waals surface area contributed by atoms with E-state index >= 15 is 0 Å². The molecule has 108 valence electrons. The Morgan fingerprint density at radius 3 is 2.47 bits per heavy atom. The minimum Gasteiger partial charge on any atom is -0.299 e. The first kappa shape index (κ1) is 14.9. The van der Waals surface area contributed by atoms with Crippen molar-refractivity contribution in [3.8, 4) is 6.07 Å². The lowest BCUT2D eigenvalue weighted by atomic mass is 9.76. The van der Waals surface area contributed by atoms with E-state index in [0.29, 0.717) is 6.04 Å². The quantitative estimate of drug-likeness (QED) is 0.752. The summed E-state index contributed by atoms with van der Waals surface area (Å²) in [6.45, 7) is 2.29. The molecule has 0 amide bonds. The summed E-state index contributed by atoms with van der Waals surface area (Å²) in [5, 5.41) is 9.45. The molecular weight excluding hydrogens is 232 g/mol. The molecule has 0 saturated heterocycles. The Morgan fingerprint density at radius 2 is 1.84 bits per heavy atom. The summed E-state index contributed by atoms with van der Waals surface area (Å²) in [5.41, 5.74) is 0. The Bertz CT molecular complexity index is 301. The summed E-state index contributed by atoms with van der Waals surface area (Å²) >= 11 is 0. The van der Waals surface area contributed by atoms with Crippen molar-refractivity contribution in [3.05, 3.63) is 0 Å². The highest BCUT2D eigenvalue weighted by molar-refractivity contribution is 4.98. The third-order valence-electron chi connectivity index (χ3n) is 5.46. The SMILES string of the molecule is CCCC1CCC(C#N)C(N(C)C2CCCCC2)C1. The molecule has 2 aliphatic carbocycles. The normalized spacial score (nSPS) is 33.3. The second-order valence-electron chi connectivity index (χ2n) is 6.73. The van der Waals surface area contributed by atoms with Crippen LogP contribution in [-0.2, 0) is 0 Å². The molecule has 0 aromatic heterocycles. The second kappa shape index (κ2) is 7.29. The van der Waals surface area contributed by atoms with Gasteiger partial charge in [-0.15, -0.1) is 0 Å². The summed E-state index contributed by atoms with van der Waals surface area (Å²) in [5.74, 6) is 1.14. The van der Waals surface area contributed by atoms with Crippen LogP contribution in [0.2, 0.25) is 0 Å². The lowest BCUT2D eigenvalue weighted by molar-refractivity contribution is 0.0679. The maximum Gasteiger partial charge on any atom is 0.0672 e. The molecule has 0 aromatic rings. The van der Waals surface area contributed by atoms with Crippen LogP contribution in [-0.4, -0.2) is 24.0 Å². The first-order chi connectivity index (χ1) is 9.26. The van der Waals surface area contributed by atoms with E-state index in [1.165, 1.54) is 57.8 Å². The van der Waals surface area contributed by atoms with Crippen molar-refractivity contribution >= 4 is 0 Å². The lowest BCUT2D eigenvalue weighted by Crippen LogP contribution is -2.47. The van der Waals surface area contributed by atoms with Crippen molar-refractivity contribution < 1.29 is 0 Å². The van der Waals surface area contributed by atoms with Gasteiger partial charge in [-0.2, -0.15) is 5.26 Å². The van der Waals surface area contributed by atoms with Crippen LogP contribution >= 0.6 is 0 Å². The lowest BCUT2D eigenvalue weighted by Gasteiger charge is -2.43. The summed E-state index contributed by atoms with van der Waals surface area (Å²) in [4.78, 5) is 2.59. The average molecular weight is 262 g/mol. The molecule has 2 nitrogen and oxygen atoms in total. The predicted octanol–water partition coefficient (Wildman–Crippen LogP) is 4.36. The van der Waals surface area contributed by atoms with E-state index in [-0.39, 0.29) is 5.92 Å². The highest BCUT2D eigenvalue weighted by Crippen LogP contribution is 2.36. The maximum atomic E-state index is 9.45. The Hall–Kier alpha value is -0.550. The van der Waals surface area contributed by atoms with E-state index in [4.69, 9.17) is 0 Å². The standard InChI is InChI=1S/C17H30N2/c1-3-7-14-10-11-15(13-18)17(12-14)19(2)16-8-5-4-6-9-16/h14-17H,3-12H2,1-2H3. The molecular formula is C17H30N2. The molecule has 2 aliphatic rings. The first-order valence-corrected chi connectivity index (χ1v) is 8.37. The predicted molar refractivity (Wildman–Crippen MR) is 79.8 cm³/mol. The molecule has 0 N–H and O–H groups in total. The van der Waals surface area contributed by atoms with Crippen LogP contribution < -0.4 is 0 Å².